The van der Waals surface area contributed by atoms with Crippen LogP contribution in [0.2, 0.25) is 0 Å². The van der Waals surface area contributed by atoms with Crippen LogP contribution in [-0.2, 0) is 21.2 Å². The molecule has 1 aromatic rings. The first-order valence-electron chi connectivity index (χ1n) is 7.92. The summed E-state index contributed by atoms with van der Waals surface area (Å²) in [4.78, 5) is 12.3. The maximum Gasteiger partial charge on any atom is 0.251 e. The summed E-state index contributed by atoms with van der Waals surface area (Å²) in [5.41, 5.74) is 2.19. The van der Waals surface area contributed by atoms with E-state index in [1.165, 1.54) is 10.6 Å². The van der Waals surface area contributed by atoms with Crippen molar-refractivity contribution in [3.05, 3.63) is 29.3 Å². The Labute approximate surface area is 136 Å². The van der Waals surface area contributed by atoms with Gasteiger partial charge in [0.15, 0.2) is 0 Å². The largest absolute Gasteiger partial charge is 0.381 e. The molecule has 0 bridgehead atoms. The van der Waals surface area contributed by atoms with Crippen LogP contribution in [0.4, 0.5) is 5.69 Å². The van der Waals surface area contributed by atoms with Crippen molar-refractivity contribution in [1.29, 1.82) is 0 Å². The Kier molecular flexibility index (Phi) is 4.59. The lowest BCUT2D eigenvalue weighted by atomic mass is 10.0. The van der Waals surface area contributed by atoms with Crippen molar-refractivity contribution >= 4 is 21.6 Å². The Morgan fingerprint density at radius 1 is 1.43 bits per heavy atom. The van der Waals surface area contributed by atoms with Gasteiger partial charge >= 0.3 is 0 Å². The minimum absolute atomic E-state index is 0.115. The molecule has 23 heavy (non-hydrogen) atoms. The van der Waals surface area contributed by atoms with E-state index in [0.717, 1.165) is 31.4 Å². The van der Waals surface area contributed by atoms with E-state index in [4.69, 9.17) is 4.74 Å². The van der Waals surface area contributed by atoms with Gasteiger partial charge in [-0.15, -0.1) is 0 Å². The van der Waals surface area contributed by atoms with Gasteiger partial charge in [0.25, 0.3) is 5.91 Å². The van der Waals surface area contributed by atoms with E-state index >= 15 is 0 Å². The first-order chi connectivity index (χ1) is 10.9. The number of rotatable bonds is 4. The van der Waals surface area contributed by atoms with Crippen LogP contribution in [0.1, 0.15) is 28.8 Å². The molecule has 2 aliphatic heterocycles. The van der Waals surface area contributed by atoms with Crippen molar-refractivity contribution in [3.63, 3.8) is 0 Å². The second-order valence-corrected chi connectivity index (χ2v) is 8.13. The van der Waals surface area contributed by atoms with Crippen molar-refractivity contribution in [1.82, 2.24) is 5.32 Å². The summed E-state index contributed by atoms with van der Waals surface area (Å²) in [7, 11) is -3.27. The molecule has 6 nitrogen and oxygen atoms in total. The molecule has 0 aromatic heterocycles. The molecule has 0 spiro atoms. The first kappa shape index (κ1) is 16.3. The van der Waals surface area contributed by atoms with Crippen molar-refractivity contribution in [3.8, 4) is 0 Å². The molecule has 3 rings (SSSR count). The first-order valence-corrected chi connectivity index (χ1v) is 9.76. The molecule has 2 aliphatic rings. The van der Waals surface area contributed by atoms with Gasteiger partial charge in [0.05, 0.1) is 18.6 Å². The van der Waals surface area contributed by atoms with E-state index in [0.29, 0.717) is 36.9 Å². The molecule has 1 atom stereocenters. The molecular weight excluding hydrogens is 316 g/mol. The van der Waals surface area contributed by atoms with Crippen molar-refractivity contribution in [2.75, 3.05) is 36.9 Å². The highest BCUT2D eigenvalue weighted by molar-refractivity contribution is 7.92. The number of hydrogen-bond donors (Lipinski definition) is 1. The van der Waals surface area contributed by atoms with Crippen LogP contribution >= 0.6 is 0 Å². The third-order valence-corrected chi connectivity index (χ3v) is 5.57. The molecule has 126 valence electrons. The van der Waals surface area contributed by atoms with Crippen LogP contribution in [0.15, 0.2) is 18.2 Å². The van der Waals surface area contributed by atoms with Gasteiger partial charge in [-0.2, -0.15) is 0 Å². The molecule has 0 radical (unpaired) electrons. The lowest BCUT2D eigenvalue weighted by Gasteiger charge is -2.29. The molecular formula is C16H22N2O4S. The number of sulfonamides is 1. The number of amides is 1. The molecule has 0 saturated carbocycles. The summed E-state index contributed by atoms with van der Waals surface area (Å²) in [5, 5.41) is 2.94. The van der Waals surface area contributed by atoms with Gasteiger partial charge in [0.2, 0.25) is 10.0 Å². The summed E-state index contributed by atoms with van der Waals surface area (Å²) in [5.74, 6) is 0.272. The van der Waals surface area contributed by atoms with Gasteiger partial charge in [-0.1, -0.05) is 0 Å². The standard InChI is InChI=1S/C16H22N2O4S/c1-23(20,21)18-7-2-3-13-9-14(4-5-15(13)18)16(19)17-10-12-6-8-22-11-12/h4-5,9,12H,2-3,6-8,10-11H2,1H3,(H,17,19). The number of carbonyl (C=O) groups excluding carboxylic acids is 1. The number of hydrogen-bond acceptors (Lipinski definition) is 4. The Bertz CT molecular complexity index is 696. The highest BCUT2D eigenvalue weighted by Gasteiger charge is 2.25. The van der Waals surface area contributed by atoms with Gasteiger partial charge in [0.1, 0.15) is 0 Å². The smallest absolute Gasteiger partial charge is 0.251 e. The van der Waals surface area contributed by atoms with Gasteiger partial charge < -0.3 is 10.1 Å². The summed E-state index contributed by atoms with van der Waals surface area (Å²) >= 11 is 0. The molecule has 2 heterocycles. The average molecular weight is 338 g/mol. The highest BCUT2D eigenvalue weighted by Crippen LogP contribution is 2.29. The van der Waals surface area contributed by atoms with E-state index in [9.17, 15) is 13.2 Å². The minimum Gasteiger partial charge on any atom is -0.381 e. The molecule has 1 amide bonds. The number of anilines is 1. The van der Waals surface area contributed by atoms with Crippen LogP contribution in [-0.4, -0.2) is 46.9 Å². The van der Waals surface area contributed by atoms with E-state index < -0.39 is 10.0 Å². The van der Waals surface area contributed by atoms with Crippen LogP contribution in [0, 0.1) is 5.92 Å². The van der Waals surface area contributed by atoms with Gasteiger partial charge in [-0.25, -0.2) is 8.42 Å². The quantitative estimate of drug-likeness (QED) is 0.894. The summed E-state index contributed by atoms with van der Waals surface area (Å²) in [6.07, 6.45) is 3.75. The van der Waals surface area contributed by atoms with Gasteiger partial charge in [-0.3, -0.25) is 9.10 Å². The molecule has 1 saturated heterocycles. The number of ether oxygens (including phenoxy) is 1. The monoisotopic (exact) mass is 338 g/mol. The van der Waals surface area contributed by atoms with Crippen LogP contribution in [0.5, 0.6) is 0 Å². The fraction of sp³-hybridized carbons (Fsp3) is 0.562. The topological polar surface area (TPSA) is 75.7 Å². The maximum absolute atomic E-state index is 12.3. The lowest BCUT2D eigenvalue weighted by Crippen LogP contribution is -2.35. The van der Waals surface area contributed by atoms with Crippen molar-refractivity contribution in [2.45, 2.75) is 19.3 Å². The number of fused-ring (bicyclic) bond motifs is 1. The molecule has 7 heteroatoms. The van der Waals surface area contributed by atoms with Crippen molar-refractivity contribution < 1.29 is 17.9 Å². The molecule has 1 fully saturated rings. The zero-order chi connectivity index (χ0) is 16.4. The second-order valence-electron chi connectivity index (χ2n) is 6.22. The third-order valence-electron chi connectivity index (χ3n) is 4.39. The third kappa shape index (κ3) is 3.67. The van der Waals surface area contributed by atoms with E-state index in [-0.39, 0.29) is 5.91 Å². The second kappa shape index (κ2) is 6.49. The summed E-state index contributed by atoms with van der Waals surface area (Å²) < 4.78 is 30.4. The number of carbonyl (C=O) groups is 1. The van der Waals surface area contributed by atoms with Gasteiger partial charge in [-0.05, 0) is 43.0 Å². The Morgan fingerprint density at radius 2 is 2.26 bits per heavy atom. The summed E-state index contributed by atoms with van der Waals surface area (Å²) in [6, 6.07) is 5.25. The fourth-order valence-corrected chi connectivity index (χ4v) is 4.13. The molecule has 0 aliphatic carbocycles. The number of benzene rings is 1. The normalized spacial score (nSPS) is 21.1. The Hall–Kier alpha value is -1.60. The maximum atomic E-state index is 12.3. The lowest BCUT2D eigenvalue weighted by molar-refractivity contribution is 0.0945. The number of nitrogens with one attached hydrogen (secondary N) is 1. The minimum atomic E-state index is -3.27. The molecule has 1 unspecified atom stereocenters. The SMILES string of the molecule is CS(=O)(=O)N1CCCc2cc(C(=O)NCC3CCOC3)ccc21. The molecule has 1 N–H and O–H groups in total. The van der Waals surface area contributed by atoms with E-state index in [1.807, 2.05) is 6.07 Å². The van der Waals surface area contributed by atoms with E-state index in [1.54, 1.807) is 12.1 Å². The van der Waals surface area contributed by atoms with Crippen molar-refractivity contribution in [2.24, 2.45) is 5.92 Å². The molecule has 1 aromatic carbocycles. The van der Waals surface area contributed by atoms with Crippen LogP contribution in [0.3, 0.4) is 0 Å². The average Bonchev–Trinajstić information content (AvgIpc) is 3.04. The zero-order valence-electron chi connectivity index (χ0n) is 13.2. The van der Waals surface area contributed by atoms with Crippen LogP contribution < -0.4 is 9.62 Å². The highest BCUT2D eigenvalue weighted by atomic mass is 32.2. The van der Waals surface area contributed by atoms with Gasteiger partial charge in [0, 0.05) is 31.2 Å². The fourth-order valence-electron chi connectivity index (χ4n) is 3.13. The van der Waals surface area contributed by atoms with Crippen LogP contribution in [0.25, 0.3) is 0 Å². The number of nitrogens with zero attached hydrogens (tertiary/aromatic N) is 1. The van der Waals surface area contributed by atoms with E-state index in [2.05, 4.69) is 5.32 Å². The predicted octanol–water partition coefficient (Wildman–Crippen LogP) is 1.17. The Morgan fingerprint density at radius 3 is 2.96 bits per heavy atom. The predicted molar refractivity (Wildman–Crippen MR) is 88.2 cm³/mol. The Balaban J connectivity index is 1.73. The zero-order valence-corrected chi connectivity index (χ0v) is 14.1. The number of aryl methyl sites for hydroxylation is 1. The summed E-state index contributed by atoms with van der Waals surface area (Å²) in [6.45, 7) is 2.58.